The monoisotopic (exact) mass is 305 g/mol. The summed E-state index contributed by atoms with van der Waals surface area (Å²) in [5.74, 6) is 1.94. The number of hydrogen-bond donors (Lipinski definition) is 1. The standard InChI is InChI=1S/C17H20ClNS/c1-12-5-13(2)7-15(6-12)10-20-11-16-4-3-14(9-19)8-17(16)18/h3-8H,9-11,19H2,1-2H3. The first-order valence-corrected chi connectivity index (χ1v) is 8.24. The second-order valence-corrected chi connectivity index (χ2v) is 6.51. The SMILES string of the molecule is Cc1cc(C)cc(CSCc2ccc(CN)cc2Cl)c1. The Morgan fingerprint density at radius 3 is 2.25 bits per heavy atom. The van der Waals surface area contributed by atoms with Gasteiger partial charge in [-0.15, -0.1) is 0 Å². The van der Waals surface area contributed by atoms with Gasteiger partial charge in [-0.2, -0.15) is 11.8 Å². The molecule has 0 bridgehead atoms. The Labute approximate surface area is 130 Å². The molecule has 0 radical (unpaired) electrons. The Morgan fingerprint density at radius 1 is 0.950 bits per heavy atom. The lowest BCUT2D eigenvalue weighted by Gasteiger charge is -2.08. The number of rotatable bonds is 5. The third-order valence-corrected chi connectivity index (χ3v) is 4.57. The first-order chi connectivity index (χ1) is 9.58. The van der Waals surface area contributed by atoms with Gasteiger partial charge in [0.1, 0.15) is 0 Å². The summed E-state index contributed by atoms with van der Waals surface area (Å²) in [6.45, 7) is 4.82. The zero-order valence-corrected chi connectivity index (χ0v) is 13.5. The molecule has 20 heavy (non-hydrogen) atoms. The van der Waals surface area contributed by atoms with Crippen LogP contribution in [0.25, 0.3) is 0 Å². The van der Waals surface area contributed by atoms with Crippen LogP contribution in [-0.2, 0) is 18.1 Å². The van der Waals surface area contributed by atoms with Gasteiger partial charge in [-0.1, -0.05) is 53.1 Å². The molecule has 0 aliphatic carbocycles. The fourth-order valence-electron chi connectivity index (χ4n) is 2.27. The number of thioether (sulfide) groups is 1. The molecule has 2 aromatic rings. The molecule has 0 fully saturated rings. The molecule has 1 nitrogen and oxygen atoms in total. The van der Waals surface area contributed by atoms with Crippen LogP contribution in [0.4, 0.5) is 0 Å². The molecule has 0 aliphatic rings. The highest BCUT2D eigenvalue weighted by molar-refractivity contribution is 7.97. The third-order valence-electron chi connectivity index (χ3n) is 3.16. The fraction of sp³-hybridized carbons (Fsp3) is 0.294. The minimum atomic E-state index is 0.537. The van der Waals surface area contributed by atoms with Gasteiger partial charge in [0.15, 0.2) is 0 Å². The summed E-state index contributed by atoms with van der Waals surface area (Å²) in [6.07, 6.45) is 0. The van der Waals surface area contributed by atoms with Gasteiger partial charge in [-0.05, 0) is 36.6 Å². The van der Waals surface area contributed by atoms with E-state index in [9.17, 15) is 0 Å². The third kappa shape index (κ3) is 4.27. The van der Waals surface area contributed by atoms with Gasteiger partial charge in [-0.3, -0.25) is 0 Å². The minimum absolute atomic E-state index is 0.537. The number of hydrogen-bond acceptors (Lipinski definition) is 2. The molecule has 0 amide bonds. The van der Waals surface area contributed by atoms with E-state index in [0.717, 1.165) is 22.1 Å². The van der Waals surface area contributed by atoms with E-state index in [2.05, 4.69) is 44.2 Å². The van der Waals surface area contributed by atoms with Gasteiger partial charge in [-0.25, -0.2) is 0 Å². The van der Waals surface area contributed by atoms with Gasteiger partial charge in [0.05, 0.1) is 0 Å². The average Bonchev–Trinajstić information content (AvgIpc) is 2.39. The van der Waals surface area contributed by atoms with Crippen molar-refractivity contribution in [2.45, 2.75) is 31.9 Å². The zero-order chi connectivity index (χ0) is 14.5. The van der Waals surface area contributed by atoms with Gasteiger partial charge < -0.3 is 5.73 Å². The van der Waals surface area contributed by atoms with Crippen LogP contribution >= 0.6 is 23.4 Å². The molecule has 0 saturated carbocycles. The first-order valence-electron chi connectivity index (χ1n) is 6.71. The molecule has 0 unspecified atom stereocenters. The van der Waals surface area contributed by atoms with Crippen molar-refractivity contribution in [2.75, 3.05) is 0 Å². The molecule has 0 atom stereocenters. The summed E-state index contributed by atoms with van der Waals surface area (Å²) in [4.78, 5) is 0. The maximum atomic E-state index is 6.27. The van der Waals surface area contributed by atoms with E-state index in [4.69, 9.17) is 17.3 Å². The van der Waals surface area contributed by atoms with Crippen molar-refractivity contribution in [3.63, 3.8) is 0 Å². The van der Waals surface area contributed by atoms with E-state index in [0.29, 0.717) is 6.54 Å². The van der Waals surface area contributed by atoms with Crippen LogP contribution in [0.15, 0.2) is 36.4 Å². The molecule has 0 spiro atoms. The second kappa shape index (κ2) is 7.16. The van der Waals surface area contributed by atoms with Crippen LogP contribution in [0, 0.1) is 13.8 Å². The number of aryl methyl sites for hydroxylation is 2. The summed E-state index contributed by atoms with van der Waals surface area (Å²) in [6, 6.07) is 12.8. The fourth-order valence-corrected chi connectivity index (χ4v) is 3.59. The van der Waals surface area contributed by atoms with Crippen LogP contribution in [0.5, 0.6) is 0 Å². The molecule has 3 heteroatoms. The van der Waals surface area contributed by atoms with E-state index >= 15 is 0 Å². The Morgan fingerprint density at radius 2 is 1.65 bits per heavy atom. The lowest BCUT2D eigenvalue weighted by Crippen LogP contribution is -1.96. The van der Waals surface area contributed by atoms with Crippen molar-refractivity contribution in [2.24, 2.45) is 5.73 Å². The lowest BCUT2D eigenvalue weighted by atomic mass is 10.1. The molecule has 0 heterocycles. The van der Waals surface area contributed by atoms with Gasteiger partial charge >= 0.3 is 0 Å². The Kier molecular flexibility index (Phi) is 5.53. The van der Waals surface area contributed by atoms with Crippen LogP contribution in [0.1, 0.15) is 27.8 Å². The number of halogens is 1. The van der Waals surface area contributed by atoms with E-state index in [1.54, 1.807) is 0 Å². The van der Waals surface area contributed by atoms with Crippen LogP contribution in [0.2, 0.25) is 5.02 Å². The molecule has 2 rings (SSSR count). The molecular formula is C17H20ClNS. The second-order valence-electron chi connectivity index (χ2n) is 5.12. The summed E-state index contributed by atoms with van der Waals surface area (Å²) in [5.41, 5.74) is 11.9. The summed E-state index contributed by atoms with van der Waals surface area (Å²) < 4.78 is 0. The van der Waals surface area contributed by atoms with E-state index < -0.39 is 0 Å². The highest BCUT2D eigenvalue weighted by Crippen LogP contribution is 2.25. The highest BCUT2D eigenvalue weighted by Gasteiger charge is 2.03. The van der Waals surface area contributed by atoms with Crippen molar-refractivity contribution in [1.82, 2.24) is 0 Å². The summed E-state index contributed by atoms with van der Waals surface area (Å²) >= 11 is 8.16. The van der Waals surface area contributed by atoms with E-state index in [-0.39, 0.29) is 0 Å². The van der Waals surface area contributed by atoms with Crippen molar-refractivity contribution >= 4 is 23.4 Å². The number of benzene rings is 2. The average molecular weight is 306 g/mol. The van der Waals surface area contributed by atoms with Crippen molar-refractivity contribution in [1.29, 1.82) is 0 Å². The zero-order valence-electron chi connectivity index (χ0n) is 11.9. The van der Waals surface area contributed by atoms with Gasteiger partial charge in [0, 0.05) is 23.1 Å². The Balaban J connectivity index is 1.95. The van der Waals surface area contributed by atoms with Gasteiger partial charge in [0.2, 0.25) is 0 Å². The maximum Gasteiger partial charge on any atom is 0.0449 e. The summed E-state index contributed by atoms with van der Waals surface area (Å²) in [7, 11) is 0. The normalized spacial score (nSPS) is 10.8. The molecule has 0 saturated heterocycles. The van der Waals surface area contributed by atoms with Crippen molar-refractivity contribution < 1.29 is 0 Å². The largest absolute Gasteiger partial charge is 0.326 e. The Bertz CT molecular complexity index is 575. The smallest absolute Gasteiger partial charge is 0.0449 e. The minimum Gasteiger partial charge on any atom is -0.326 e. The van der Waals surface area contributed by atoms with Crippen LogP contribution in [0.3, 0.4) is 0 Å². The van der Waals surface area contributed by atoms with Gasteiger partial charge in [0.25, 0.3) is 0 Å². The predicted molar refractivity (Wildman–Crippen MR) is 90.3 cm³/mol. The first kappa shape index (κ1) is 15.4. The number of nitrogens with two attached hydrogens (primary N) is 1. The lowest BCUT2D eigenvalue weighted by molar-refractivity contribution is 1.07. The topological polar surface area (TPSA) is 26.0 Å². The van der Waals surface area contributed by atoms with Crippen molar-refractivity contribution in [3.8, 4) is 0 Å². The molecule has 2 aromatic carbocycles. The molecular weight excluding hydrogens is 286 g/mol. The highest BCUT2D eigenvalue weighted by atomic mass is 35.5. The van der Waals surface area contributed by atoms with Crippen molar-refractivity contribution in [3.05, 3.63) is 69.2 Å². The van der Waals surface area contributed by atoms with E-state index in [1.165, 1.54) is 22.3 Å². The molecule has 0 aliphatic heterocycles. The summed E-state index contributed by atoms with van der Waals surface area (Å²) in [5, 5.41) is 0.820. The van der Waals surface area contributed by atoms with Crippen LogP contribution in [-0.4, -0.2) is 0 Å². The Hall–Kier alpha value is -0.960. The predicted octanol–water partition coefficient (Wildman–Crippen LogP) is 4.85. The molecule has 106 valence electrons. The molecule has 0 aromatic heterocycles. The van der Waals surface area contributed by atoms with E-state index in [1.807, 2.05) is 17.8 Å². The maximum absolute atomic E-state index is 6.27. The quantitative estimate of drug-likeness (QED) is 0.854. The van der Waals surface area contributed by atoms with Crippen LogP contribution < -0.4 is 5.73 Å². The molecule has 2 N–H and O–H groups in total.